The van der Waals surface area contributed by atoms with Gasteiger partial charge in [-0.2, -0.15) is 0 Å². The van der Waals surface area contributed by atoms with Crippen LogP contribution in [0.5, 0.6) is 10.9 Å². The molecule has 0 aliphatic carbocycles. The zero-order valence-electron chi connectivity index (χ0n) is 25.7. The minimum absolute atomic E-state index is 0.0115. The third kappa shape index (κ3) is 8.08. The lowest BCUT2D eigenvalue weighted by atomic mass is 9.84. The second-order valence-electron chi connectivity index (χ2n) is 12.6. The number of aryl methyl sites for hydroxylation is 1. The van der Waals surface area contributed by atoms with Crippen molar-refractivity contribution in [2.24, 2.45) is 0 Å². The molecule has 2 bridgehead atoms. The minimum atomic E-state index is -1.21. The molecule has 2 unspecified atom stereocenters. The summed E-state index contributed by atoms with van der Waals surface area (Å²) in [6.07, 6.45) is 0.494. The van der Waals surface area contributed by atoms with Crippen LogP contribution in [0.1, 0.15) is 58.4 Å². The van der Waals surface area contributed by atoms with E-state index < -0.39 is 41.4 Å². The maximum atomic E-state index is 13.4. The summed E-state index contributed by atoms with van der Waals surface area (Å²) in [5.41, 5.74) is -0.116. The average molecular weight is 671 g/mol. The Hall–Kier alpha value is -3.22. The smallest absolute Gasteiger partial charge is 0.411 e. The van der Waals surface area contributed by atoms with Gasteiger partial charge in [0, 0.05) is 19.3 Å². The number of piperazine rings is 1. The van der Waals surface area contributed by atoms with Gasteiger partial charge in [0.15, 0.2) is 5.75 Å². The molecule has 14 heteroatoms. The van der Waals surface area contributed by atoms with Crippen molar-refractivity contribution in [1.82, 2.24) is 14.8 Å². The lowest BCUT2D eigenvalue weighted by Crippen LogP contribution is -2.65. The summed E-state index contributed by atoms with van der Waals surface area (Å²) in [5, 5.41) is 11.5. The molecule has 2 atom stereocenters. The maximum Gasteiger partial charge on any atom is 0.411 e. The summed E-state index contributed by atoms with van der Waals surface area (Å²) in [6.45, 7) is 12.7. The fourth-order valence-corrected chi connectivity index (χ4v) is 6.60. The Balaban J connectivity index is 1.56. The van der Waals surface area contributed by atoms with Crippen LogP contribution >= 0.6 is 34.5 Å². The third-order valence-corrected chi connectivity index (χ3v) is 8.15. The first kappa shape index (κ1) is 33.7. The number of carboxylic acids is 1. The largest absolute Gasteiger partial charge is 0.487 e. The van der Waals surface area contributed by atoms with Crippen molar-refractivity contribution in [3.05, 3.63) is 44.4 Å². The Morgan fingerprint density at radius 3 is 2.16 bits per heavy atom. The van der Waals surface area contributed by atoms with Crippen LogP contribution in [0.3, 0.4) is 0 Å². The number of aromatic nitrogens is 1. The van der Waals surface area contributed by atoms with Gasteiger partial charge in [0.05, 0.1) is 32.6 Å². The van der Waals surface area contributed by atoms with E-state index in [9.17, 15) is 19.5 Å². The van der Waals surface area contributed by atoms with E-state index in [-0.39, 0.29) is 38.3 Å². The lowest BCUT2D eigenvalue weighted by molar-refractivity contribution is -0.134. The lowest BCUT2D eigenvalue weighted by Gasteiger charge is -2.50. The van der Waals surface area contributed by atoms with Crippen molar-refractivity contribution in [2.45, 2.75) is 78.2 Å². The van der Waals surface area contributed by atoms with Gasteiger partial charge in [-0.3, -0.25) is 4.90 Å². The molecule has 1 N–H and O–H groups in total. The standard InChI is InChI=1S/C30H37Cl2N3O8S/c1-16-10-19(31)24(20(32)11-16)40-8-9-41-26-33-13-22(44-26)18-12-17-14-34(27(38)42-29(2,3)4)15-21(23(18)25(36)37)35(17)28(39)43-30(5,6)7/h10-11,13,17,21H,8-9,12,14-15H2,1-7H3,(H,36,37). The molecule has 240 valence electrons. The van der Waals surface area contributed by atoms with Gasteiger partial charge in [-0.15, -0.1) is 0 Å². The number of rotatable bonds is 7. The summed E-state index contributed by atoms with van der Waals surface area (Å²) >= 11 is 13.7. The number of aliphatic carboxylic acids is 1. The molecular formula is C30H37Cl2N3O8S. The van der Waals surface area contributed by atoms with Crippen LogP contribution in [0, 0.1) is 6.92 Å². The van der Waals surface area contributed by atoms with Crippen LogP contribution in [-0.4, -0.2) is 87.6 Å². The van der Waals surface area contributed by atoms with E-state index in [0.717, 1.165) is 5.56 Å². The number of thiazole rings is 1. The molecule has 1 aromatic heterocycles. The normalized spacial score (nSPS) is 18.7. The van der Waals surface area contributed by atoms with Crippen LogP contribution in [0.2, 0.25) is 10.0 Å². The molecular weight excluding hydrogens is 633 g/mol. The van der Waals surface area contributed by atoms with Gasteiger partial charge in [-0.05, 0) is 78.2 Å². The number of carbonyl (C=O) groups is 3. The van der Waals surface area contributed by atoms with Crippen molar-refractivity contribution >= 4 is 58.3 Å². The van der Waals surface area contributed by atoms with Crippen molar-refractivity contribution in [1.29, 1.82) is 0 Å². The molecule has 1 fully saturated rings. The summed E-state index contributed by atoms with van der Waals surface area (Å²) in [4.78, 5) is 46.9. The number of hydrogen-bond donors (Lipinski definition) is 1. The summed E-state index contributed by atoms with van der Waals surface area (Å²) < 4.78 is 22.7. The Bertz CT molecular complexity index is 1440. The highest BCUT2D eigenvalue weighted by molar-refractivity contribution is 7.14. The maximum absolute atomic E-state index is 13.4. The third-order valence-electron chi connectivity index (χ3n) is 6.62. The Kier molecular flexibility index (Phi) is 9.96. The number of nitrogens with zero attached hydrogens (tertiary/aromatic N) is 3. The van der Waals surface area contributed by atoms with Gasteiger partial charge in [-0.25, -0.2) is 19.4 Å². The second kappa shape index (κ2) is 13.0. The topological polar surface area (TPSA) is 128 Å². The predicted octanol–water partition coefficient (Wildman–Crippen LogP) is 6.68. The van der Waals surface area contributed by atoms with Crippen LogP contribution < -0.4 is 9.47 Å². The molecule has 0 spiro atoms. The SMILES string of the molecule is Cc1cc(Cl)c(OCCOc2ncc(C3=C(C(=O)O)C4CN(C(=O)OC(C)(C)C)CC(C3)N4C(=O)OC(C)(C)C)s2)c(Cl)c1. The average Bonchev–Trinajstić information content (AvgIpc) is 3.33. The number of ether oxygens (including phenoxy) is 4. The van der Waals surface area contributed by atoms with E-state index >= 15 is 0 Å². The molecule has 2 amide bonds. The van der Waals surface area contributed by atoms with Gasteiger partial charge < -0.3 is 29.0 Å². The quantitative estimate of drug-likeness (QED) is 0.321. The van der Waals surface area contributed by atoms with Gasteiger partial charge in [0.25, 0.3) is 5.19 Å². The molecule has 4 rings (SSSR count). The van der Waals surface area contributed by atoms with Gasteiger partial charge >= 0.3 is 18.2 Å². The van der Waals surface area contributed by atoms with Crippen molar-refractivity contribution in [3.63, 3.8) is 0 Å². The zero-order valence-corrected chi connectivity index (χ0v) is 28.1. The Morgan fingerprint density at radius 2 is 1.57 bits per heavy atom. The highest BCUT2D eigenvalue weighted by Gasteiger charge is 2.49. The molecule has 11 nitrogen and oxygen atoms in total. The molecule has 44 heavy (non-hydrogen) atoms. The minimum Gasteiger partial charge on any atom is -0.487 e. The number of fused-ring (bicyclic) bond motifs is 2. The van der Waals surface area contributed by atoms with Crippen molar-refractivity contribution in [2.75, 3.05) is 26.3 Å². The van der Waals surface area contributed by atoms with E-state index in [0.29, 0.717) is 31.4 Å². The van der Waals surface area contributed by atoms with Crippen LogP contribution in [0.4, 0.5) is 9.59 Å². The number of carboxylic acid groups (broad SMARTS) is 1. The van der Waals surface area contributed by atoms with Crippen molar-refractivity contribution < 1.29 is 38.4 Å². The molecule has 1 aromatic carbocycles. The Morgan fingerprint density at radius 1 is 0.977 bits per heavy atom. The van der Waals surface area contributed by atoms with Crippen LogP contribution in [0.15, 0.2) is 23.9 Å². The first-order valence-corrected chi connectivity index (χ1v) is 15.6. The molecule has 0 radical (unpaired) electrons. The second-order valence-corrected chi connectivity index (χ2v) is 14.4. The molecule has 0 saturated carbocycles. The molecule has 2 aliphatic heterocycles. The first-order valence-electron chi connectivity index (χ1n) is 14.1. The van der Waals surface area contributed by atoms with E-state index in [1.165, 1.54) is 21.1 Å². The van der Waals surface area contributed by atoms with Gasteiger partial charge in [-0.1, -0.05) is 34.5 Å². The molecule has 3 heterocycles. The highest BCUT2D eigenvalue weighted by atomic mass is 35.5. The van der Waals surface area contributed by atoms with Gasteiger partial charge in [0.2, 0.25) is 0 Å². The van der Waals surface area contributed by atoms with E-state index in [1.807, 2.05) is 6.92 Å². The van der Waals surface area contributed by atoms with E-state index in [1.54, 1.807) is 59.9 Å². The zero-order chi connectivity index (χ0) is 32.6. The van der Waals surface area contributed by atoms with Gasteiger partial charge in [0.1, 0.15) is 24.4 Å². The molecule has 1 saturated heterocycles. The Labute approximate surface area is 270 Å². The van der Waals surface area contributed by atoms with Crippen LogP contribution in [-0.2, 0) is 14.3 Å². The molecule has 2 aliphatic rings. The van der Waals surface area contributed by atoms with Crippen LogP contribution in [0.25, 0.3) is 5.57 Å². The number of carbonyl (C=O) groups excluding carboxylic acids is 2. The summed E-state index contributed by atoms with van der Waals surface area (Å²) in [6, 6.07) is 1.97. The van der Waals surface area contributed by atoms with E-state index in [4.69, 9.17) is 42.1 Å². The highest BCUT2D eigenvalue weighted by Crippen LogP contribution is 2.42. The monoisotopic (exact) mass is 669 g/mol. The van der Waals surface area contributed by atoms with Crippen molar-refractivity contribution in [3.8, 4) is 10.9 Å². The fraction of sp³-hybridized carbons (Fsp3) is 0.533. The first-order chi connectivity index (χ1) is 20.4. The van der Waals surface area contributed by atoms with E-state index in [2.05, 4.69) is 4.98 Å². The number of benzene rings is 1. The summed E-state index contributed by atoms with van der Waals surface area (Å²) in [5.74, 6) is -0.846. The number of amides is 2. The predicted molar refractivity (Wildman–Crippen MR) is 167 cm³/mol. The fourth-order valence-electron chi connectivity index (χ4n) is 5.04. The number of halogens is 2. The molecule has 2 aromatic rings. The summed E-state index contributed by atoms with van der Waals surface area (Å²) in [7, 11) is 0. The number of hydrogen-bond acceptors (Lipinski definition) is 9.